The highest BCUT2D eigenvalue weighted by Crippen LogP contribution is 2.37. The molecule has 0 aromatic heterocycles. The molecular weight excluding hydrogens is 234 g/mol. The summed E-state index contributed by atoms with van der Waals surface area (Å²) in [5.41, 5.74) is 2.86. The van der Waals surface area contributed by atoms with Crippen molar-refractivity contribution in [2.24, 2.45) is 5.92 Å². The SMILES string of the molecule is Cc1cccc(C2CC(NCC3CCCC3O)C2)c1. The van der Waals surface area contributed by atoms with Gasteiger partial charge < -0.3 is 10.4 Å². The fraction of sp³-hybridized carbons (Fsp3) is 0.647. The zero-order chi connectivity index (χ0) is 13.2. The van der Waals surface area contributed by atoms with Crippen molar-refractivity contribution < 1.29 is 5.11 Å². The Morgan fingerprint density at radius 3 is 2.79 bits per heavy atom. The number of benzene rings is 1. The lowest BCUT2D eigenvalue weighted by atomic mass is 9.75. The molecule has 0 amide bonds. The predicted octanol–water partition coefficient (Wildman–Crippen LogP) is 2.99. The van der Waals surface area contributed by atoms with E-state index in [-0.39, 0.29) is 6.10 Å². The minimum Gasteiger partial charge on any atom is -0.393 e. The maximum atomic E-state index is 9.81. The summed E-state index contributed by atoms with van der Waals surface area (Å²) in [6, 6.07) is 9.58. The second kappa shape index (κ2) is 5.64. The lowest BCUT2D eigenvalue weighted by molar-refractivity contribution is 0.125. The van der Waals surface area contributed by atoms with Crippen molar-refractivity contribution >= 4 is 0 Å². The molecule has 2 saturated carbocycles. The van der Waals surface area contributed by atoms with E-state index in [2.05, 4.69) is 36.5 Å². The zero-order valence-corrected chi connectivity index (χ0v) is 11.8. The summed E-state index contributed by atoms with van der Waals surface area (Å²) in [7, 11) is 0. The molecule has 19 heavy (non-hydrogen) atoms. The number of hydrogen-bond acceptors (Lipinski definition) is 2. The Hall–Kier alpha value is -0.860. The molecule has 0 bridgehead atoms. The number of rotatable bonds is 4. The van der Waals surface area contributed by atoms with Gasteiger partial charge in [-0.3, -0.25) is 0 Å². The van der Waals surface area contributed by atoms with Gasteiger partial charge in [0.1, 0.15) is 0 Å². The number of aryl methyl sites for hydroxylation is 1. The normalized spacial score (nSPS) is 34.2. The Morgan fingerprint density at radius 2 is 2.11 bits per heavy atom. The summed E-state index contributed by atoms with van der Waals surface area (Å²) in [5, 5.41) is 13.5. The van der Waals surface area contributed by atoms with Crippen LogP contribution in [0.3, 0.4) is 0 Å². The van der Waals surface area contributed by atoms with E-state index in [1.54, 1.807) is 0 Å². The lowest BCUT2D eigenvalue weighted by Gasteiger charge is -2.37. The van der Waals surface area contributed by atoms with E-state index in [1.807, 2.05) is 0 Å². The van der Waals surface area contributed by atoms with E-state index in [9.17, 15) is 5.11 Å². The summed E-state index contributed by atoms with van der Waals surface area (Å²) in [5.74, 6) is 1.24. The van der Waals surface area contributed by atoms with Crippen LogP contribution in [0.2, 0.25) is 0 Å². The molecule has 2 nitrogen and oxygen atoms in total. The molecule has 3 rings (SSSR count). The van der Waals surface area contributed by atoms with E-state index in [0.29, 0.717) is 12.0 Å². The number of aliphatic hydroxyl groups is 1. The number of hydrogen-bond donors (Lipinski definition) is 2. The molecule has 0 aliphatic heterocycles. The minimum atomic E-state index is -0.0554. The molecule has 2 heteroatoms. The Labute approximate surface area is 116 Å². The van der Waals surface area contributed by atoms with E-state index < -0.39 is 0 Å². The molecule has 0 spiro atoms. The maximum absolute atomic E-state index is 9.81. The van der Waals surface area contributed by atoms with E-state index >= 15 is 0 Å². The molecule has 0 radical (unpaired) electrons. The van der Waals surface area contributed by atoms with Gasteiger partial charge in [-0.1, -0.05) is 36.2 Å². The smallest absolute Gasteiger partial charge is 0.0580 e. The predicted molar refractivity (Wildman–Crippen MR) is 78.3 cm³/mol. The van der Waals surface area contributed by atoms with Gasteiger partial charge in [0.2, 0.25) is 0 Å². The van der Waals surface area contributed by atoms with Crippen molar-refractivity contribution in [3.8, 4) is 0 Å². The van der Waals surface area contributed by atoms with Crippen molar-refractivity contribution in [1.82, 2.24) is 5.32 Å². The molecule has 1 aromatic rings. The molecule has 2 unspecified atom stereocenters. The van der Waals surface area contributed by atoms with Crippen LogP contribution in [0.25, 0.3) is 0 Å². The van der Waals surface area contributed by atoms with E-state index in [1.165, 1.54) is 36.8 Å². The van der Waals surface area contributed by atoms with Crippen LogP contribution in [-0.2, 0) is 0 Å². The summed E-state index contributed by atoms with van der Waals surface area (Å²) in [6.07, 6.45) is 5.86. The number of nitrogens with one attached hydrogen (secondary N) is 1. The van der Waals surface area contributed by atoms with Gasteiger partial charge in [0.05, 0.1) is 6.10 Å². The Bertz CT molecular complexity index is 425. The van der Waals surface area contributed by atoms with Gasteiger partial charge in [-0.05, 0) is 50.0 Å². The van der Waals surface area contributed by atoms with Gasteiger partial charge in [0.25, 0.3) is 0 Å². The molecule has 2 aliphatic rings. The van der Waals surface area contributed by atoms with Gasteiger partial charge >= 0.3 is 0 Å². The second-order valence-corrected chi connectivity index (χ2v) is 6.45. The largest absolute Gasteiger partial charge is 0.393 e. The zero-order valence-electron chi connectivity index (χ0n) is 11.8. The molecule has 2 N–H and O–H groups in total. The topological polar surface area (TPSA) is 32.3 Å². The monoisotopic (exact) mass is 259 g/mol. The van der Waals surface area contributed by atoms with Gasteiger partial charge in [0, 0.05) is 12.6 Å². The van der Waals surface area contributed by atoms with Crippen molar-refractivity contribution in [2.45, 2.75) is 57.1 Å². The third-order valence-electron chi connectivity index (χ3n) is 4.94. The van der Waals surface area contributed by atoms with Crippen molar-refractivity contribution in [3.63, 3.8) is 0 Å². The van der Waals surface area contributed by atoms with Crippen LogP contribution in [-0.4, -0.2) is 23.8 Å². The summed E-state index contributed by atoms with van der Waals surface area (Å²) < 4.78 is 0. The number of aliphatic hydroxyl groups excluding tert-OH is 1. The molecular formula is C17H25NO. The Morgan fingerprint density at radius 1 is 1.26 bits per heavy atom. The standard InChI is InChI=1S/C17H25NO/c1-12-4-2-5-13(8-12)15-9-16(10-15)18-11-14-6-3-7-17(14)19/h2,4-5,8,14-19H,3,6-7,9-11H2,1H3. The first-order chi connectivity index (χ1) is 9.22. The molecule has 1 aromatic carbocycles. The second-order valence-electron chi connectivity index (χ2n) is 6.45. The molecule has 0 heterocycles. The summed E-state index contributed by atoms with van der Waals surface area (Å²) >= 11 is 0. The van der Waals surface area contributed by atoms with Crippen LogP contribution in [0, 0.1) is 12.8 Å². The van der Waals surface area contributed by atoms with Crippen molar-refractivity contribution in [2.75, 3.05) is 6.54 Å². The lowest BCUT2D eigenvalue weighted by Crippen LogP contribution is -2.43. The van der Waals surface area contributed by atoms with Crippen LogP contribution < -0.4 is 5.32 Å². The molecule has 0 saturated heterocycles. The van der Waals surface area contributed by atoms with Crippen LogP contribution in [0.15, 0.2) is 24.3 Å². The Balaban J connectivity index is 1.43. The van der Waals surface area contributed by atoms with Crippen LogP contribution in [0.5, 0.6) is 0 Å². The average Bonchev–Trinajstić information content (AvgIpc) is 2.73. The van der Waals surface area contributed by atoms with Gasteiger partial charge in [-0.25, -0.2) is 0 Å². The first kappa shape index (κ1) is 13.1. The van der Waals surface area contributed by atoms with Crippen molar-refractivity contribution in [1.29, 1.82) is 0 Å². The highest BCUT2D eigenvalue weighted by atomic mass is 16.3. The summed E-state index contributed by atoms with van der Waals surface area (Å²) in [4.78, 5) is 0. The van der Waals surface area contributed by atoms with Crippen molar-refractivity contribution in [3.05, 3.63) is 35.4 Å². The van der Waals surface area contributed by atoms with Gasteiger partial charge in [-0.2, -0.15) is 0 Å². The van der Waals surface area contributed by atoms with Crippen LogP contribution >= 0.6 is 0 Å². The summed E-state index contributed by atoms with van der Waals surface area (Å²) in [6.45, 7) is 3.17. The third kappa shape index (κ3) is 3.01. The first-order valence-corrected chi connectivity index (χ1v) is 7.70. The first-order valence-electron chi connectivity index (χ1n) is 7.70. The fourth-order valence-corrected chi connectivity index (χ4v) is 3.55. The molecule has 104 valence electrons. The van der Waals surface area contributed by atoms with Gasteiger partial charge in [0.15, 0.2) is 0 Å². The average molecular weight is 259 g/mol. The maximum Gasteiger partial charge on any atom is 0.0580 e. The Kier molecular flexibility index (Phi) is 3.90. The quantitative estimate of drug-likeness (QED) is 0.871. The molecule has 2 atom stereocenters. The minimum absolute atomic E-state index is 0.0554. The highest BCUT2D eigenvalue weighted by molar-refractivity contribution is 5.27. The van der Waals surface area contributed by atoms with E-state index in [4.69, 9.17) is 0 Å². The van der Waals surface area contributed by atoms with Crippen LogP contribution in [0.4, 0.5) is 0 Å². The van der Waals surface area contributed by atoms with Gasteiger partial charge in [-0.15, -0.1) is 0 Å². The molecule has 2 fully saturated rings. The molecule has 2 aliphatic carbocycles. The fourth-order valence-electron chi connectivity index (χ4n) is 3.55. The van der Waals surface area contributed by atoms with E-state index in [0.717, 1.165) is 18.9 Å². The third-order valence-corrected chi connectivity index (χ3v) is 4.94. The van der Waals surface area contributed by atoms with Crippen LogP contribution in [0.1, 0.15) is 49.1 Å². The highest BCUT2D eigenvalue weighted by Gasteiger charge is 2.32.